The van der Waals surface area contributed by atoms with Crippen LogP contribution < -0.4 is 5.43 Å². The third kappa shape index (κ3) is 4.13. The first-order valence-corrected chi connectivity index (χ1v) is 5.44. The minimum absolute atomic E-state index is 0.107. The molecule has 0 unspecified atom stereocenters. The molecule has 0 bridgehead atoms. The van der Waals surface area contributed by atoms with Crippen LogP contribution in [0.5, 0.6) is 5.75 Å². The summed E-state index contributed by atoms with van der Waals surface area (Å²) in [7, 11) is 0. The lowest BCUT2D eigenvalue weighted by molar-refractivity contribution is 0.152. The molecule has 1 aromatic rings. The van der Waals surface area contributed by atoms with Crippen molar-refractivity contribution in [2.75, 3.05) is 6.61 Å². The van der Waals surface area contributed by atoms with Crippen molar-refractivity contribution in [3.63, 3.8) is 0 Å². The Morgan fingerprint density at radius 2 is 2.29 bits per heavy atom. The van der Waals surface area contributed by atoms with Crippen LogP contribution in [-0.4, -0.2) is 24.0 Å². The molecule has 0 aromatic heterocycles. The predicted molar refractivity (Wildman–Crippen MR) is 65.9 cm³/mol. The number of hydrogen-bond donors (Lipinski definition) is 2. The number of halogens is 2. The van der Waals surface area contributed by atoms with Crippen LogP contribution in [0.4, 0.5) is 4.79 Å². The predicted octanol–water partition coefficient (Wildman–Crippen LogP) is 2.78. The molecule has 0 heterocycles. The average molecular weight is 277 g/mol. The van der Waals surface area contributed by atoms with E-state index in [4.69, 9.17) is 23.2 Å². The van der Waals surface area contributed by atoms with Crippen LogP contribution in [0.25, 0.3) is 0 Å². The second-order valence-electron chi connectivity index (χ2n) is 2.92. The number of hydrazone groups is 1. The number of phenolic OH excluding ortho intramolecular Hbond substituents is 1. The first kappa shape index (κ1) is 13.6. The molecule has 0 saturated carbocycles. The Bertz CT molecular complexity index is 449. The highest BCUT2D eigenvalue weighted by atomic mass is 35.5. The molecule has 2 N–H and O–H groups in total. The second-order valence-corrected chi connectivity index (χ2v) is 3.76. The molecule has 1 aromatic carbocycles. The van der Waals surface area contributed by atoms with E-state index in [0.717, 1.165) is 0 Å². The number of nitrogens with zero attached hydrogens (tertiary/aromatic N) is 1. The number of carbonyl (C=O) groups excluding carboxylic acids is 1. The molecule has 0 aliphatic heterocycles. The fourth-order valence-corrected chi connectivity index (χ4v) is 1.51. The van der Waals surface area contributed by atoms with E-state index >= 15 is 0 Å². The fourth-order valence-electron chi connectivity index (χ4n) is 1.00. The van der Waals surface area contributed by atoms with Crippen molar-refractivity contribution in [3.05, 3.63) is 27.7 Å². The molecule has 0 atom stereocenters. The zero-order chi connectivity index (χ0) is 12.8. The third-order valence-electron chi connectivity index (χ3n) is 1.69. The number of rotatable bonds is 3. The van der Waals surface area contributed by atoms with Gasteiger partial charge in [0, 0.05) is 10.6 Å². The number of ether oxygens (including phenoxy) is 1. The molecule has 1 rings (SSSR count). The molecule has 0 spiro atoms. The van der Waals surface area contributed by atoms with Crippen molar-refractivity contribution in [1.82, 2.24) is 5.43 Å². The van der Waals surface area contributed by atoms with Crippen molar-refractivity contribution < 1.29 is 14.6 Å². The van der Waals surface area contributed by atoms with Gasteiger partial charge in [-0.3, -0.25) is 0 Å². The van der Waals surface area contributed by atoms with Crippen LogP contribution in [0.1, 0.15) is 12.5 Å². The molecule has 0 aliphatic rings. The highest BCUT2D eigenvalue weighted by molar-refractivity contribution is 6.36. The lowest BCUT2D eigenvalue weighted by atomic mass is 10.2. The van der Waals surface area contributed by atoms with Crippen molar-refractivity contribution in [2.24, 2.45) is 5.10 Å². The first-order valence-electron chi connectivity index (χ1n) is 4.68. The van der Waals surface area contributed by atoms with Crippen LogP contribution in [0, 0.1) is 0 Å². The Hall–Kier alpha value is -1.46. The van der Waals surface area contributed by atoms with Crippen LogP contribution in [-0.2, 0) is 4.74 Å². The normalized spacial score (nSPS) is 10.5. The van der Waals surface area contributed by atoms with E-state index in [9.17, 15) is 9.90 Å². The van der Waals surface area contributed by atoms with Crippen LogP contribution in [0.2, 0.25) is 10.0 Å². The fraction of sp³-hybridized carbons (Fsp3) is 0.200. The molecule has 7 heteroatoms. The Balaban J connectivity index is 2.74. The summed E-state index contributed by atoms with van der Waals surface area (Å²) in [6, 6.07) is 2.85. The van der Waals surface area contributed by atoms with Crippen molar-refractivity contribution in [1.29, 1.82) is 0 Å². The summed E-state index contributed by atoms with van der Waals surface area (Å²) in [4.78, 5) is 10.9. The minimum atomic E-state index is -0.684. The molecule has 0 radical (unpaired) electrons. The summed E-state index contributed by atoms with van der Waals surface area (Å²) in [5, 5.41) is 13.6. The summed E-state index contributed by atoms with van der Waals surface area (Å²) in [6.07, 6.45) is 0.528. The molecule has 0 fully saturated rings. The maximum atomic E-state index is 10.9. The molecule has 0 aliphatic carbocycles. The van der Waals surface area contributed by atoms with Crippen molar-refractivity contribution >= 4 is 35.5 Å². The number of nitrogens with one attached hydrogen (secondary N) is 1. The largest absolute Gasteiger partial charge is 0.506 e. The van der Waals surface area contributed by atoms with E-state index in [1.54, 1.807) is 6.92 Å². The molecular formula is C10H10Cl2N2O3. The highest BCUT2D eigenvalue weighted by Crippen LogP contribution is 2.29. The summed E-state index contributed by atoms with van der Waals surface area (Å²) < 4.78 is 4.58. The standard InChI is InChI=1S/C10H10Cl2N2O3/c1-2-17-10(16)14-13-5-6-3-7(11)4-8(12)9(6)15/h3-5,15H,2H2,1H3,(H,14,16). The van der Waals surface area contributed by atoms with Gasteiger partial charge in [-0.05, 0) is 19.1 Å². The number of aromatic hydroxyl groups is 1. The second kappa shape index (κ2) is 6.32. The number of hydrogen-bond acceptors (Lipinski definition) is 4. The molecule has 5 nitrogen and oxygen atoms in total. The number of amides is 1. The highest BCUT2D eigenvalue weighted by Gasteiger charge is 2.06. The zero-order valence-corrected chi connectivity index (χ0v) is 10.4. The van der Waals surface area contributed by atoms with Crippen LogP contribution in [0.15, 0.2) is 17.2 Å². The SMILES string of the molecule is CCOC(=O)NN=Cc1cc(Cl)cc(Cl)c1O. The van der Waals surface area contributed by atoms with E-state index in [1.807, 2.05) is 0 Å². The van der Waals surface area contributed by atoms with Gasteiger partial charge < -0.3 is 9.84 Å². The molecule has 1 amide bonds. The van der Waals surface area contributed by atoms with E-state index in [-0.39, 0.29) is 17.4 Å². The van der Waals surface area contributed by atoms with Crippen LogP contribution >= 0.6 is 23.2 Å². The summed E-state index contributed by atoms with van der Waals surface area (Å²) >= 11 is 11.4. The lowest BCUT2D eigenvalue weighted by Gasteiger charge is -2.02. The molecule has 0 saturated heterocycles. The smallest absolute Gasteiger partial charge is 0.427 e. The number of phenols is 1. The van der Waals surface area contributed by atoms with Gasteiger partial charge in [-0.2, -0.15) is 5.10 Å². The zero-order valence-electron chi connectivity index (χ0n) is 8.91. The van der Waals surface area contributed by atoms with E-state index in [2.05, 4.69) is 15.3 Å². The minimum Gasteiger partial charge on any atom is -0.506 e. The van der Waals surface area contributed by atoms with Gasteiger partial charge in [0.1, 0.15) is 5.75 Å². The van der Waals surface area contributed by atoms with Crippen molar-refractivity contribution in [2.45, 2.75) is 6.92 Å². The van der Waals surface area contributed by atoms with E-state index in [1.165, 1.54) is 18.3 Å². The molecule has 17 heavy (non-hydrogen) atoms. The molecule has 92 valence electrons. The average Bonchev–Trinajstić information content (AvgIpc) is 2.25. The van der Waals surface area contributed by atoms with Crippen LogP contribution in [0.3, 0.4) is 0 Å². The maximum Gasteiger partial charge on any atom is 0.427 e. The van der Waals surface area contributed by atoms with Gasteiger partial charge in [0.25, 0.3) is 0 Å². The van der Waals surface area contributed by atoms with Gasteiger partial charge in [-0.15, -0.1) is 0 Å². The first-order chi connectivity index (χ1) is 8.04. The quantitative estimate of drug-likeness (QED) is 0.659. The summed E-state index contributed by atoms with van der Waals surface area (Å²) in [5.41, 5.74) is 2.40. The van der Waals surface area contributed by atoms with Gasteiger partial charge >= 0.3 is 6.09 Å². The molecular weight excluding hydrogens is 267 g/mol. The van der Waals surface area contributed by atoms with Gasteiger partial charge in [0.2, 0.25) is 0 Å². The summed E-state index contributed by atoms with van der Waals surface area (Å²) in [5.74, 6) is -0.162. The van der Waals surface area contributed by atoms with Gasteiger partial charge in [-0.25, -0.2) is 10.2 Å². The summed E-state index contributed by atoms with van der Waals surface area (Å²) in [6.45, 7) is 1.92. The van der Waals surface area contributed by atoms with Gasteiger partial charge in [-0.1, -0.05) is 23.2 Å². The Morgan fingerprint density at radius 3 is 2.94 bits per heavy atom. The van der Waals surface area contributed by atoms with Gasteiger partial charge in [0.15, 0.2) is 0 Å². The maximum absolute atomic E-state index is 10.9. The van der Waals surface area contributed by atoms with Gasteiger partial charge in [0.05, 0.1) is 17.8 Å². The van der Waals surface area contributed by atoms with Crippen molar-refractivity contribution in [3.8, 4) is 5.75 Å². The van der Waals surface area contributed by atoms with E-state index in [0.29, 0.717) is 10.6 Å². The topological polar surface area (TPSA) is 70.9 Å². The van der Waals surface area contributed by atoms with E-state index < -0.39 is 6.09 Å². The lowest BCUT2D eigenvalue weighted by Crippen LogP contribution is -2.18. The third-order valence-corrected chi connectivity index (χ3v) is 2.20. The monoisotopic (exact) mass is 276 g/mol. The number of benzene rings is 1. The Kier molecular flexibility index (Phi) is 5.06. The number of carbonyl (C=O) groups is 1. The Morgan fingerprint density at radius 1 is 1.59 bits per heavy atom. The Labute approximate surface area is 108 Å².